The molecule has 0 spiro atoms. The highest BCUT2D eigenvalue weighted by molar-refractivity contribution is 7.99. The van der Waals surface area contributed by atoms with Crippen LogP contribution in [0.15, 0.2) is 0 Å². The van der Waals surface area contributed by atoms with Crippen LogP contribution in [0.5, 0.6) is 0 Å². The van der Waals surface area contributed by atoms with Gasteiger partial charge in [0.25, 0.3) is 0 Å². The summed E-state index contributed by atoms with van der Waals surface area (Å²) in [5.41, 5.74) is 0. The van der Waals surface area contributed by atoms with Gasteiger partial charge in [0.15, 0.2) is 0 Å². The molecule has 1 aliphatic rings. The standard InChI is InChI=1S/C9H18N2O2S/c1-13-5-3-2-4-10-9(12)8-6-14-7-11-8/h8,11H,2-7H2,1H3,(H,10,12). The number of amides is 1. The van der Waals surface area contributed by atoms with Crippen LogP contribution in [0.3, 0.4) is 0 Å². The molecule has 1 amide bonds. The maximum atomic E-state index is 11.5. The van der Waals surface area contributed by atoms with E-state index in [9.17, 15) is 4.79 Å². The van der Waals surface area contributed by atoms with E-state index < -0.39 is 0 Å². The number of unbranched alkanes of at least 4 members (excludes halogenated alkanes) is 1. The Kier molecular flexibility index (Phi) is 5.98. The average Bonchev–Trinajstić information content (AvgIpc) is 2.70. The summed E-state index contributed by atoms with van der Waals surface area (Å²) in [6.07, 6.45) is 1.99. The highest BCUT2D eigenvalue weighted by Crippen LogP contribution is 2.09. The number of carbonyl (C=O) groups is 1. The molecule has 0 bridgehead atoms. The first-order valence-electron chi connectivity index (χ1n) is 4.92. The van der Waals surface area contributed by atoms with Crippen LogP contribution in [0.4, 0.5) is 0 Å². The Morgan fingerprint density at radius 3 is 3.14 bits per heavy atom. The summed E-state index contributed by atoms with van der Waals surface area (Å²) in [6.45, 7) is 1.53. The van der Waals surface area contributed by atoms with Crippen molar-refractivity contribution in [1.29, 1.82) is 0 Å². The van der Waals surface area contributed by atoms with E-state index in [1.54, 1.807) is 18.9 Å². The van der Waals surface area contributed by atoms with Crippen molar-refractivity contribution < 1.29 is 9.53 Å². The minimum atomic E-state index is 0.0161. The van der Waals surface area contributed by atoms with Crippen LogP contribution < -0.4 is 10.6 Å². The van der Waals surface area contributed by atoms with Gasteiger partial charge in [-0.15, -0.1) is 11.8 Å². The van der Waals surface area contributed by atoms with Crippen molar-refractivity contribution in [1.82, 2.24) is 10.6 Å². The number of hydrogen-bond donors (Lipinski definition) is 2. The quantitative estimate of drug-likeness (QED) is 0.625. The van der Waals surface area contributed by atoms with Crippen molar-refractivity contribution in [2.75, 3.05) is 31.9 Å². The Morgan fingerprint density at radius 2 is 2.50 bits per heavy atom. The van der Waals surface area contributed by atoms with Crippen molar-refractivity contribution in [2.45, 2.75) is 18.9 Å². The summed E-state index contributed by atoms with van der Waals surface area (Å²) in [7, 11) is 1.69. The van der Waals surface area contributed by atoms with E-state index in [4.69, 9.17) is 4.74 Å². The molecule has 14 heavy (non-hydrogen) atoms. The van der Waals surface area contributed by atoms with Crippen molar-refractivity contribution in [3.63, 3.8) is 0 Å². The molecule has 1 fully saturated rings. The zero-order valence-electron chi connectivity index (χ0n) is 8.54. The predicted molar refractivity (Wildman–Crippen MR) is 58.4 cm³/mol. The number of ether oxygens (including phenoxy) is 1. The molecule has 1 atom stereocenters. The lowest BCUT2D eigenvalue weighted by atomic mass is 10.3. The third-order valence-electron chi connectivity index (χ3n) is 2.11. The highest BCUT2D eigenvalue weighted by Gasteiger charge is 2.21. The van der Waals surface area contributed by atoms with E-state index in [2.05, 4.69) is 10.6 Å². The molecule has 2 N–H and O–H groups in total. The van der Waals surface area contributed by atoms with Gasteiger partial charge in [-0.3, -0.25) is 10.1 Å². The predicted octanol–water partition coefficient (Wildman–Crippen LogP) is 0.192. The van der Waals surface area contributed by atoms with Crippen LogP contribution in [0.25, 0.3) is 0 Å². The smallest absolute Gasteiger partial charge is 0.238 e. The van der Waals surface area contributed by atoms with Gasteiger partial charge < -0.3 is 10.1 Å². The zero-order chi connectivity index (χ0) is 10.2. The SMILES string of the molecule is COCCCCNC(=O)C1CSCN1. The van der Waals surface area contributed by atoms with Crippen molar-refractivity contribution in [2.24, 2.45) is 0 Å². The first-order valence-corrected chi connectivity index (χ1v) is 6.08. The van der Waals surface area contributed by atoms with Crippen LogP contribution in [0.2, 0.25) is 0 Å². The molecule has 4 nitrogen and oxygen atoms in total. The molecule has 82 valence electrons. The molecule has 1 saturated heterocycles. The van der Waals surface area contributed by atoms with Crippen LogP contribution in [-0.2, 0) is 9.53 Å². The lowest BCUT2D eigenvalue weighted by Gasteiger charge is -2.09. The molecule has 1 rings (SSSR count). The van der Waals surface area contributed by atoms with Gasteiger partial charge in [0.1, 0.15) is 0 Å². The molecule has 0 aromatic rings. The number of nitrogens with one attached hydrogen (secondary N) is 2. The molecule has 1 heterocycles. The summed E-state index contributed by atoms with van der Waals surface area (Å²) < 4.78 is 4.92. The molecule has 1 unspecified atom stereocenters. The van der Waals surface area contributed by atoms with Crippen molar-refractivity contribution in [3.8, 4) is 0 Å². The zero-order valence-corrected chi connectivity index (χ0v) is 9.36. The fraction of sp³-hybridized carbons (Fsp3) is 0.889. The van der Waals surface area contributed by atoms with Crippen molar-refractivity contribution >= 4 is 17.7 Å². The second-order valence-corrected chi connectivity index (χ2v) is 4.29. The maximum Gasteiger partial charge on any atom is 0.238 e. The van der Waals surface area contributed by atoms with Gasteiger partial charge in [-0.2, -0.15) is 0 Å². The van der Waals surface area contributed by atoms with E-state index >= 15 is 0 Å². The summed E-state index contributed by atoms with van der Waals surface area (Å²) in [5, 5.41) is 6.05. The van der Waals surface area contributed by atoms with E-state index in [0.717, 1.165) is 37.6 Å². The first kappa shape index (κ1) is 11.8. The van der Waals surface area contributed by atoms with Gasteiger partial charge in [0, 0.05) is 31.9 Å². The van der Waals surface area contributed by atoms with E-state index in [0.29, 0.717) is 0 Å². The lowest BCUT2D eigenvalue weighted by molar-refractivity contribution is -0.122. The number of rotatable bonds is 6. The van der Waals surface area contributed by atoms with Crippen LogP contribution in [0, 0.1) is 0 Å². The summed E-state index contributed by atoms with van der Waals surface area (Å²) in [6, 6.07) is 0.0161. The lowest BCUT2D eigenvalue weighted by Crippen LogP contribution is -2.42. The molecule has 1 aliphatic heterocycles. The Labute approximate surface area is 89.2 Å². The fourth-order valence-corrected chi connectivity index (χ4v) is 2.21. The van der Waals surface area contributed by atoms with Gasteiger partial charge in [-0.05, 0) is 12.8 Å². The third kappa shape index (κ3) is 4.30. The van der Waals surface area contributed by atoms with Gasteiger partial charge in [0.2, 0.25) is 5.91 Å². The van der Waals surface area contributed by atoms with Crippen molar-refractivity contribution in [3.05, 3.63) is 0 Å². The monoisotopic (exact) mass is 218 g/mol. The van der Waals surface area contributed by atoms with E-state index in [-0.39, 0.29) is 11.9 Å². The number of methoxy groups -OCH3 is 1. The van der Waals surface area contributed by atoms with Crippen LogP contribution in [-0.4, -0.2) is 43.8 Å². The summed E-state index contributed by atoms with van der Waals surface area (Å²) >= 11 is 1.77. The number of carbonyl (C=O) groups excluding carboxylic acids is 1. The van der Waals surface area contributed by atoms with Gasteiger partial charge >= 0.3 is 0 Å². The minimum absolute atomic E-state index is 0.0161. The van der Waals surface area contributed by atoms with Gasteiger partial charge in [-0.1, -0.05) is 0 Å². The largest absolute Gasteiger partial charge is 0.385 e. The normalized spacial score (nSPS) is 21.1. The number of hydrogen-bond acceptors (Lipinski definition) is 4. The maximum absolute atomic E-state index is 11.5. The fourth-order valence-electron chi connectivity index (χ4n) is 1.27. The highest BCUT2D eigenvalue weighted by atomic mass is 32.2. The average molecular weight is 218 g/mol. The molecule has 0 radical (unpaired) electrons. The summed E-state index contributed by atoms with van der Waals surface area (Å²) in [4.78, 5) is 11.5. The third-order valence-corrected chi connectivity index (χ3v) is 3.05. The molecular weight excluding hydrogens is 200 g/mol. The second kappa shape index (κ2) is 7.09. The van der Waals surface area contributed by atoms with Crippen LogP contribution in [0.1, 0.15) is 12.8 Å². The molecule has 0 aromatic heterocycles. The Morgan fingerprint density at radius 1 is 1.64 bits per heavy atom. The molecule has 5 heteroatoms. The summed E-state index contributed by atoms with van der Waals surface area (Å²) in [5.74, 6) is 1.92. The van der Waals surface area contributed by atoms with E-state index in [1.165, 1.54) is 0 Å². The molecule has 0 aliphatic carbocycles. The van der Waals surface area contributed by atoms with E-state index in [1.807, 2.05) is 0 Å². The molecule has 0 aromatic carbocycles. The van der Waals surface area contributed by atoms with Gasteiger partial charge in [-0.25, -0.2) is 0 Å². The topological polar surface area (TPSA) is 50.4 Å². The number of thioether (sulfide) groups is 1. The minimum Gasteiger partial charge on any atom is -0.385 e. The van der Waals surface area contributed by atoms with Gasteiger partial charge in [0.05, 0.1) is 6.04 Å². The molecule has 0 saturated carbocycles. The first-order chi connectivity index (χ1) is 6.84. The molecular formula is C9H18N2O2S. The second-order valence-electron chi connectivity index (χ2n) is 3.26. The Bertz CT molecular complexity index is 172. The Hall–Kier alpha value is -0.260. The van der Waals surface area contributed by atoms with Crippen LogP contribution >= 0.6 is 11.8 Å². The Balaban J connectivity index is 1.97.